The molecule has 0 aromatic carbocycles. The van der Waals surface area contributed by atoms with E-state index in [2.05, 4.69) is 32.1 Å². The van der Waals surface area contributed by atoms with Gasteiger partial charge in [0.15, 0.2) is 0 Å². The number of hydrogen-bond donors (Lipinski definition) is 2. The fourth-order valence-electron chi connectivity index (χ4n) is 1.38. The Morgan fingerprint density at radius 2 is 1.84 bits per heavy atom. The van der Waals surface area contributed by atoms with Gasteiger partial charge in [-0.3, -0.25) is 0 Å². The van der Waals surface area contributed by atoms with Gasteiger partial charge in [-0.25, -0.2) is 18.1 Å². The van der Waals surface area contributed by atoms with Gasteiger partial charge in [-0.1, -0.05) is 6.92 Å². The lowest BCUT2D eigenvalue weighted by Gasteiger charge is -2.07. The molecule has 19 heavy (non-hydrogen) atoms. The van der Waals surface area contributed by atoms with Gasteiger partial charge in [-0.05, 0) is 39.8 Å². The minimum absolute atomic E-state index is 0.0321. The topological polar surface area (TPSA) is 96.9 Å². The van der Waals surface area contributed by atoms with E-state index in [1.165, 1.54) is 0 Å². The number of hydrogen-bond acceptors (Lipinski definition) is 6. The van der Waals surface area contributed by atoms with E-state index < -0.39 is 10.0 Å². The first-order chi connectivity index (χ1) is 8.94. The standard InChI is InChI=1S/C11H21N5O2S/c1-4-6-12-7-5-8-19(17,18)16-11-13-9(2)10(3)14-15-11/h12H,4-8H2,1-3H3,(H,13,15,16). The maximum atomic E-state index is 11.8. The van der Waals surface area contributed by atoms with Crippen LogP contribution in [0.5, 0.6) is 0 Å². The molecule has 108 valence electrons. The molecule has 0 aliphatic heterocycles. The molecular formula is C11H21N5O2S. The van der Waals surface area contributed by atoms with E-state index in [4.69, 9.17) is 0 Å². The Morgan fingerprint density at radius 1 is 1.11 bits per heavy atom. The lowest BCUT2D eigenvalue weighted by molar-refractivity contribution is 0.592. The van der Waals surface area contributed by atoms with Gasteiger partial charge in [0.2, 0.25) is 10.0 Å². The molecule has 1 aromatic heterocycles. The third-order valence-corrected chi connectivity index (χ3v) is 3.85. The molecule has 0 radical (unpaired) electrons. The highest BCUT2D eigenvalue weighted by atomic mass is 32.2. The number of nitrogens with one attached hydrogen (secondary N) is 2. The fourth-order valence-corrected chi connectivity index (χ4v) is 2.37. The normalized spacial score (nSPS) is 11.5. The number of rotatable bonds is 8. The van der Waals surface area contributed by atoms with Crippen molar-refractivity contribution in [1.29, 1.82) is 0 Å². The molecule has 0 bridgehead atoms. The van der Waals surface area contributed by atoms with Crippen LogP contribution in [0, 0.1) is 13.8 Å². The van der Waals surface area contributed by atoms with Gasteiger partial charge in [0.25, 0.3) is 5.95 Å². The van der Waals surface area contributed by atoms with E-state index in [-0.39, 0.29) is 11.7 Å². The first kappa shape index (κ1) is 15.8. The Labute approximate surface area is 114 Å². The zero-order valence-corrected chi connectivity index (χ0v) is 12.4. The summed E-state index contributed by atoms with van der Waals surface area (Å²) in [5, 5.41) is 10.7. The van der Waals surface area contributed by atoms with Crippen LogP contribution in [-0.2, 0) is 10.0 Å². The molecule has 7 nitrogen and oxygen atoms in total. The third kappa shape index (κ3) is 5.93. The van der Waals surface area contributed by atoms with E-state index in [0.717, 1.165) is 13.0 Å². The molecule has 1 rings (SSSR count). The average Bonchev–Trinajstić information content (AvgIpc) is 2.33. The van der Waals surface area contributed by atoms with Crippen molar-refractivity contribution in [2.24, 2.45) is 0 Å². The lowest BCUT2D eigenvalue weighted by Crippen LogP contribution is -2.23. The average molecular weight is 287 g/mol. The molecule has 0 aliphatic carbocycles. The molecule has 0 saturated carbocycles. The van der Waals surface area contributed by atoms with Crippen LogP contribution in [0.3, 0.4) is 0 Å². The fraction of sp³-hybridized carbons (Fsp3) is 0.727. The summed E-state index contributed by atoms with van der Waals surface area (Å²) in [6, 6.07) is 0. The summed E-state index contributed by atoms with van der Waals surface area (Å²) < 4.78 is 25.9. The Balaban J connectivity index is 2.47. The molecule has 8 heteroatoms. The Morgan fingerprint density at radius 3 is 2.47 bits per heavy atom. The summed E-state index contributed by atoms with van der Waals surface area (Å²) in [5.74, 6) is 0.0737. The molecule has 0 saturated heterocycles. The van der Waals surface area contributed by atoms with Gasteiger partial charge in [0.05, 0.1) is 17.1 Å². The summed E-state index contributed by atoms with van der Waals surface area (Å²) >= 11 is 0. The smallest absolute Gasteiger partial charge is 0.256 e. The van der Waals surface area contributed by atoms with Crippen LogP contribution in [0.1, 0.15) is 31.2 Å². The number of aromatic nitrogens is 3. The summed E-state index contributed by atoms with van der Waals surface area (Å²) in [6.07, 6.45) is 1.58. The SMILES string of the molecule is CCCNCCCS(=O)(=O)Nc1nnc(C)c(C)n1. The maximum absolute atomic E-state index is 11.8. The Kier molecular flexibility index (Phi) is 6.10. The molecule has 0 atom stereocenters. The zero-order chi connectivity index (χ0) is 14.3. The number of anilines is 1. The van der Waals surface area contributed by atoms with Crippen LogP contribution >= 0.6 is 0 Å². The predicted octanol–water partition coefficient (Wildman–Crippen LogP) is 0.620. The lowest BCUT2D eigenvalue weighted by atomic mass is 10.4. The largest absolute Gasteiger partial charge is 0.317 e. The molecule has 2 N–H and O–H groups in total. The van der Waals surface area contributed by atoms with E-state index >= 15 is 0 Å². The van der Waals surface area contributed by atoms with Crippen LogP contribution < -0.4 is 10.0 Å². The van der Waals surface area contributed by atoms with E-state index in [1.54, 1.807) is 13.8 Å². The van der Waals surface area contributed by atoms with Crippen molar-refractivity contribution < 1.29 is 8.42 Å². The Hall–Kier alpha value is -1.28. The number of nitrogens with zero attached hydrogens (tertiary/aromatic N) is 3. The molecule has 0 fully saturated rings. The first-order valence-corrected chi connectivity index (χ1v) is 7.99. The van der Waals surface area contributed by atoms with Gasteiger partial charge in [0.1, 0.15) is 0 Å². The second-order valence-electron chi connectivity index (χ2n) is 4.33. The van der Waals surface area contributed by atoms with Crippen LogP contribution in [-0.4, -0.2) is 42.4 Å². The molecule has 0 spiro atoms. The molecule has 1 heterocycles. The van der Waals surface area contributed by atoms with Crippen molar-refractivity contribution in [3.05, 3.63) is 11.4 Å². The van der Waals surface area contributed by atoms with Crippen molar-refractivity contribution in [2.75, 3.05) is 23.6 Å². The van der Waals surface area contributed by atoms with E-state index in [9.17, 15) is 8.42 Å². The monoisotopic (exact) mass is 287 g/mol. The van der Waals surface area contributed by atoms with Gasteiger partial charge in [-0.15, -0.1) is 5.10 Å². The third-order valence-electron chi connectivity index (χ3n) is 2.53. The molecule has 1 aromatic rings. The quantitative estimate of drug-likeness (QED) is 0.680. The van der Waals surface area contributed by atoms with Crippen LogP contribution in [0.2, 0.25) is 0 Å². The summed E-state index contributed by atoms with van der Waals surface area (Å²) in [4.78, 5) is 4.04. The van der Waals surface area contributed by atoms with Crippen molar-refractivity contribution in [2.45, 2.75) is 33.6 Å². The molecule has 0 amide bonds. The van der Waals surface area contributed by atoms with Crippen molar-refractivity contribution in [3.63, 3.8) is 0 Å². The summed E-state index contributed by atoms with van der Waals surface area (Å²) in [6.45, 7) is 7.18. The van der Waals surface area contributed by atoms with Crippen molar-refractivity contribution >= 4 is 16.0 Å². The van der Waals surface area contributed by atoms with E-state index in [1.807, 2.05) is 0 Å². The van der Waals surface area contributed by atoms with Gasteiger partial charge >= 0.3 is 0 Å². The molecule has 0 unspecified atom stereocenters. The van der Waals surface area contributed by atoms with Gasteiger partial charge in [-0.2, -0.15) is 5.10 Å². The van der Waals surface area contributed by atoms with E-state index in [0.29, 0.717) is 24.4 Å². The zero-order valence-electron chi connectivity index (χ0n) is 11.6. The number of aryl methyl sites for hydroxylation is 2. The first-order valence-electron chi connectivity index (χ1n) is 6.33. The predicted molar refractivity (Wildman–Crippen MR) is 74.5 cm³/mol. The van der Waals surface area contributed by atoms with Crippen molar-refractivity contribution in [3.8, 4) is 0 Å². The highest BCUT2D eigenvalue weighted by molar-refractivity contribution is 7.92. The van der Waals surface area contributed by atoms with Crippen molar-refractivity contribution in [1.82, 2.24) is 20.5 Å². The Bertz CT molecular complexity index is 504. The highest BCUT2D eigenvalue weighted by Crippen LogP contribution is 2.04. The number of sulfonamides is 1. The minimum atomic E-state index is -3.41. The minimum Gasteiger partial charge on any atom is -0.317 e. The summed E-state index contributed by atoms with van der Waals surface area (Å²) in [5.41, 5.74) is 1.35. The second kappa shape index (κ2) is 7.34. The summed E-state index contributed by atoms with van der Waals surface area (Å²) in [7, 11) is -3.41. The maximum Gasteiger partial charge on any atom is 0.256 e. The van der Waals surface area contributed by atoms with Gasteiger partial charge in [0, 0.05) is 0 Å². The molecule has 0 aliphatic rings. The van der Waals surface area contributed by atoms with Crippen LogP contribution in [0.25, 0.3) is 0 Å². The van der Waals surface area contributed by atoms with Crippen LogP contribution in [0.15, 0.2) is 0 Å². The van der Waals surface area contributed by atoms with Gasteiger partial charge < -0.3 is 5.32 Å². The van der Waals surface area contributed by atoms with Crippen LogP contribution in [0.4, 0.5) is 5.95 Å². The second-order valence-corrected chi connectivity index (χ2v) is 6.17. The highest BCUT2D eigenvalue weighted by Gasteiger charge is 2.12. The molecular weight excluding hydrogens is 266 g/mol.